The second-order valence-electron chi connectivity index (χ2n) is 8.89. The van der Waals surface area contributed by atoms with Crippen LogP contribution in [0.4, 0.5) is 0 Å². The van der Waals surface area contributed by atoms with Gasteiger partial charge in [-0.1, -0.05) is 36.4 Å². The number of carboxylic acids is 1. The van der Waals surface area contributed by atoms with E-state index in [4.69, 9.17) is 19.3 Å². The smallest absolute Gasteiger partial charge is 0.336 e. The summed E-state index contributed by atoms with van der Waals surface area (Å²) in [6.45, 7) is 5.57. The number of benzene rings is 3. The van der Waals surface area contributed by atoms with E-state index in [-0.39, 0.29) is 40.0 Å². The Morgan fingerprint density at radius 1 is 1.05 bits per heavy atom. The molecule has 5 aromatic rings. The fourth-order valence-electron chi connectivity index (χ4n) is 4.43. The fourth-order valence-corrected chi connectivity index (χ4v) is 4.95. The van der Waals surface area contributed by atoms with E-state index >= 15 is 0 Å². The SMILES string of the molecule is Cc1c(-c2cc(C(=O)O)c3c(O[C@H](C)c4ccc(S(N)(=O)=O)cc4)ccc(C)c3n2)oc2ccccc12.[Na]. The molecule has 1 radical (unpaired) electrons. The van der Waals surface area contributed by atoms with Crippen LogP contribution in [0, 0.1) is 13.8 Å². The molecular formula is C28H24N2NaO6S. The Labute approximate surface area is 241 Å². The Morgan fingerprint density at radius 2 is 1.74 bits per heavy atom. The van der Waals surface area contributed by atoms with Gasteiger partial charge < -0.3 is 14.3 Å². The zero-order valence-corrected chi connectivity index (χ0v) is 24.2. The number of rotatable bonds is 6. The topological polar surface area (TPSA) is 133 Å². The summed E-state index contributed by atoms with van der Waals surface area (Å²) >= 11 is 0. The summed E-state index contributed by atoms with van der Waals surface area (Å²) in [4.78, 5) is 17.2. The van der Waals surface area contributed by atoms with Crippen LogP contribution >= 0.6 is 0 Å². The largest absolute Gasteiger partial charge is 0.485 e. The van der Waals surface area contributed by atoms with Gasteiger partial charge in [0.25, 0.3) is 0 Å². The molecule has 0 aliphatic heterocycles. The van der Waals surface area contributed by atoms with Crippen LogP contribution in [0.25, 0.3) is 33.3 Å². The predicted molar refractivity (Wildman–Crippen MR) is 146 cm³/mol. The molecule has 2 heterocycles. The minimum atomic E-state index is -3.81. The molecule has 38 heavy (non-hydrogen) atoms. The van der Waals surface area contributed by atoms with Gasteiger partial charge in [0.1, 0.15) is 23.1 Å². The maximum atomic E-state index is 12.4. The summed E-state index contributed by atoms with van der Waals surface area (Å²) in [5.74, 6) is -0.260. The van der Waals surface area contributed by atoms with E-state index in [0.29, 0.717) is 39.3 Å². The third-order valence-electron chi connectivity index (χ3n) is 6.41. The third kappa shape index (κ3) is 5.08. The first-order valence-electron chi connectivity index (χ1n) is 11.5. The molecule has 0 aliphatic rings. The number of aryl methyl sites for hydroxylation is 2. The molecule has 0 bridgehead atoms. The molecule has 3 aromatic carbocycles. The molecule has 10 heteroatoms. The summed E-state index contributed by atoms with van der Waals surface area (Å²) in [6.07, 6.45) is -0.514. The second-order valence-corrected chi connectivity index (χ2v) is 10.5. The van der Waals surface area contributed by atoms with E-state index in [1.54, 1.807) is 25.1 Å². The fraction of sp³-hybridized carbons (Fsp3) is 0.143. The van der Waals surface area contributed by atoms with Gasteiger partial charge in [0.15, 0.2) is 5.76 Å². The number of fused-ring (bicyclic) bond motifs is 2. The number of ether oxygens (including phenoxy) is 1. The quantitative estimate of drug-likeness (QED) is 0.277. The standard InChI is InChI=1S/C28H24N2O6S.Na/c1-15-8-13-24(35-17(3)18-9-11-19(12-10-18)37(29,33)34)25-21(28(31)32)14-22(30-26(15)25)27-16(2)20-6-4-5-7-23(20)36-27;/h4-14,17H,1-3H3,(H,31,32)(H2,29,33,34);/t17-;/m1./s1. The van der Waals surface area contributed by atoms with Crippen molar-refractivity contribution in [2.24, 2.45) is 5.14 Å². The third-order valence-corrected chi connectivity index (χ3v) is 7.34. The molecule has 0 unspecified atom stereocenters. The van der Waals surface area contributed by atoms with Gasteiger partial charge in [0.05, 0.1) is 21.4 Å². The van der Waals surface area contributed by atoms with Crippen LogP contribution in [-0.4, -0.2) is 54.0 Å². The zero-order valence-electron chi connectivity index (χ0n) is 21.3. The molecule has 0 spiro atoms. The molecule has 2 aromatic heterocycles. The van der Waals surface area contributed by atoms with Gasteiger partial charge in [-0.05, 0) is 62.2 Å². The van der Waals surface area contributed by atoms with Crippen molar-refractivity contribution in [2.75, 3.05) is 0 Å². The number of nitrogens with zero attached hydrogens (tertiary/aromatic N) is 1. The van der Waals surface area contributed by atoms with Gasteiger partial charge in [0, 0.05) is 40.5 Å². The molecular weight excluding hydrogens is 515 g/mol. The van der Waals surface area contributed by atoms with Crippen molar-refractivity contribution in [3.8, 4) is 17.2 Å². The minimum absolute atomic E-state index is 0. The molecule has 0 aliphatic carbocycles. The maximum Gasteiger partial charge on any atom is 0.336 e. The van der Waals surface area contributed by atoms with Gasteiger partial charge in [-0.2, -0.15) is 0 Å². The molecule has 8 nitrogen and oxygen atoms in total. The monoisotopic (exact) mass is 539 g/mol. The van der Waals surface area contributed by atoms with Gasteiger partial charge in [-0.15, -0.1) is 0 Å². The van der Waals surface area contributed by atoms with Crippen molar-refractivity contribution in [3.63, 3.8) is 0 Å². The average molecular weight is 540 g/mol. The number of carbonyl (C=O) groups is 1. The van der Waals surface area contributed by atoms with Crippen molar-refractivity contribution in [3.05, 3.63) is 89.0 Å². The average Bonchev–Trinajstić information content (AvgIpc) is 3.21. The first-order chi connectivity index (χ1) is 17.5. The number of carboxylic acid groups (broad SMARTS) is 1. The number of primary sulfonamides is 1. The Kier molecular flexibility index (Phi) is 7.69. The maximum absolute atomic E-state index is 12.4. The van der Waals surface area contributed by atoms with Crippen LogP contribution in [0.1, 0.15) is 40.1 Å². The van der Waals surface area contributed by atoms with E-state index in [1.165, 1.54) is 18.2 Å². The molecule has 3 N–H and O–H groups in total. The van der Waals surface area contributed by atoms with Gasteiger partial charge in [0.2, 0.25) is 10.0 Å². The number of pyridine rings is 1. The summed E-state index contributed by atoms with van der Waals surface area (Å²) < 4.78 is 35.4. The van der Waals surface area contributed by atoms with Crippen molar-refractivity contribution in [1.82, 2.24) is 4.98 Å². The molecule has 189 valence electrons. The number of hydrogen-bond acceptors (Lipinski definition) is 6. The van der Waals surface area contributed by atoms with Gasteiger partial charge in [-0.25, -0.2) is 23.3 Å². The van der Waals surface area contributed by atoms with Crippen LogP contribution in [0.5, 0.6) is 5.75 Å². The Bertz CT molecular complexity index is 1800. The number of furan rings is 1. The van der Waals surface area contributed by atoms with Crippen LogP contribution in [0.3, 0.4) is 0 Å². The van der Waals surface area contributed by atoms with Crippen molar-refractivity contribution >= 4 is 67.4 Å². The molecule has 1 atom stereocenters. The zero-order chi connectivity index (χ0) is 26.5. The van der Waals surface area contributed by atoms with Crippen LogP contribution in [0.2, 0.25) is 0 Å². The van der Waals surface area contributed by atoms with Gasteiger partial charge in [-0.3, -0.25) is 0 Å². The molecule has 0 amide bonds. The van der Waals surface area contributed by atoms with E-state index in [2.05, 4.69) is 0 Å². The number of para-hydroxylation sites is 1. The molecule has 5 rings (SSSR count). The summed E-state index contributed by atoms with van der Waals surface area (Å²) in [7, 11) is -3.81. The Hall–Kier alpha value is -3.21. The number of sulfonamides is 1. The molecule has 0 saturated carbocycles. The van der Waals surface area contributed by atoms with E-state index in [9.17, 15) is 18.3 Å². The van der Waals surface area contributed by atoms with Crippen LogP contribution in [0.15, 0.2) is 76.0 Å². The van der Waals surface area contributed by atoms with E-state index < -0.39 is 22.1 Å². The summed E-state index contributed by atoms with van der Waals surface area (Å²) in [5, 5.41) is 16.6. The molecule has 0 fully saturated rings. The Balaban J connectivity index is 0.00000336. The van der Waals surface area contributed by atoms with Crippen molar-refractivity contribution in [2.45, 2.75) is 31.8 Å². The predicted octanol–water partition coefficient (Wildman–Crippen LogP) is 5.37. The first-order valence-corrected chi connectivity index (χ1v) is 13.0. The number of hydrogen-bond donors (Lipinski definition) is 2. The van der Waals surface area contributed by atoms with E-state index in [0.717, 1.165) is 16.5 Å². The van der Waals surface area contributed by atoms with Gasteiger partial charge >= 0.3 is 5.97 Å². The number of nitrogens with two attached hydrogens (primary N) is 1. The van der Waals surface area contributed by atoms with Crippen molar-refractivity contribution < 1.29 is 27.5 Å². The van der Waals surface area contributed by atoms with Crippen LogP contribution in [-0.2, 0) is 10.0 Å². The van der Waals surface area contributed by atoms with Crippen molar-refractivity contribution in [1.29, 1.82) is 0 Å². The first kappa shape index (κ1) is 27.8. The summed E-state index contributed by atoms with van der Waals surface area (Å²) in [6, 6.07) is 18.7. The minimum Gasteiger partial charge on any atom is -0.485 e. The second kappa shape index (κ2) is 10.5. The summed E-state index contributed by atoms with van der Waals surface area (Å²) in [5.41, 5.74) is 4.00. The normalized spacial score (nSPS) is 12.3. The Morgan fingerprint density at radius 3 is 2.37 bits per heavy atom. The number of aromatic nitrogens is 1. The van der Waals surface area contributed by atoms with E-state index in [1.807, 2.05) is 44.2 Å². The molecule has 0 saturated heterocycles. The number of aromatic carboxylic acids is 1. The van der Waals surface area contributed by atoms with Crippen LogP contribution < -0.4 is 9.88 Å².